The number of aliphatic hydroxyl groups excluding tert-OH is 1. The van der Waals surface area contributed by atoms with E-state index in [1.54, 1.807) is 0 Å². The summed E-state index contributed by atoms with van der Waals surface area (Å²) >= 11 is 0. The third-order valence-electron chi connectivity index (χ3n) is 3.64. The van der Waals surface area contributed by atoms with Gasteiger partial charge in [-0.05, 0) is 12.8 Å². The first-order chi connectivity index (χ1) is 8.15. The summed E-state index contributed by atoms with van der Waals surface area (Å²) in [4.78, 5) is 13.8. The van der Waals surface area contributed by atoms with Crippen molar-refractivity contribution in [2.24, 2.45) is 5.92 Å². The number of β-amino-alcohol motifs (C(OH)–C–C–N with tert-alkyl or cyclic N) is 1. The number of hydrogen-bond acceptors (Lipinski definition) is 2. The van der Waals surface area contributed by atoms with Crippen molar-refractivity contribution < 1.29 is 9.90 Å². The summed E-state index contributed by atoms with van der Waals surface area (Å²) in [6.07, 6.45) is 7.71. The van der Waals surface area contributed by atoms with Crippen LogP contribution >= 0.6 is 0 Å². The summed E-state index contributed by atoms with van der Waals surface area (Å²) in [5, 5.41) is 9.41. The molecule has 0 aromatic heterocycles. The molecule has 1 unspecified atom stereocenters. The highest BCUT2D eigenvalue weighted by molar-refractivity contribution is 5.78. The molecule has 0 radical (unpaired) electrons. The van der Waals surface area contributed by atoms with Gasteiger partial charge in [0, 0.05) is 19.0 Å². The van der Waals surface area contributed by atoms with Crippen molar-refractivity contribution in [1.29, 1.82) is 0 Å². The molecule has 0 bridgehead atoms. The molecule has 1 N–H and O–H groups in total. The number of rotatable bonds is 7. The lowest BCUT2D eigenvalue weighted by Crippen LogP contribution is -2.33. The molecule has 17 heavy (non-hydrogen) atoms. The van der Waals surface area contributed by atoms with Crippen LogP contribution < -0.4 is 0 Å². The van der Waals surface area contributed by atoms with Crippen molar-refractivity contribution in [3.63, 3.8) is 0 Å². The summed E-state index contributed by atoms with van der Waals surface area (Å²) in [5.41, 5.74) is 0. The molecule has 0 aliphatic carbocycles. The Bertz CT molecular complexity index is 230. The highest BCUT2D eigenvalue weighted by atomic mass is 16.3. The second-order valence-corrected chi connectivity index (χ2v) is 5.33. The van der Waals surface area contributed by atoms with Crippen molar-refractivity contribution in [2.45, 2.75) is 64.9 Å². The number of amides is 1. The number of carbonyl (C=O) groups is 1. The lowest BCUT2D eigenvalue weighted by Gasteiger charge is -2.20. The van der Waals surface area contributed by atoms with E-state index in [9.17, 15) is 9.90 Å². The summed E-state index contributed by atoms with van der Waals surface area (Å²) in [6, 6.07) is 0. The fourth-order valence-electron chi connectivity index (χ4n) is 2.43. The van der Waals surface area contributed by atoms with Crippen LogP contribution in [0.15, 0.2) is 0 Å². The van der Waals surface area contributed by atoms with Gasteiger partial charge in [0.15, 0.2) is 0 Å². The molecule has 3 nitrogen and oxygen atoms in total. The van der Waals surface area contributed by atoms with Crippen molar-refractivity contribution in [3.8, 4) is 0 Å². The Morgan fingerprint density at radius 1 is 1.35 bits per heavy atom. The van der Waals surface area contributed by atoms with Crippen molar-refractivity contribution in [2.75, 3.05) is 13.1 Å². The van der Waals surface area contributed by atoms with E-state index in [-0.39, 0.29) is 17.9 Å². The van der Waals surface area contributed by atoms with E-state index >= 15 is 0 Å². The molecule has 1 amide bonds. The first kappa shape index (κ1) is 14.5. The molecule has 1 aliphatic rings. The van der Waals surface area contributed by atoms with Crippen LogP contribution in [-0.4, -0.2) is 35.1 Å². The molecule has 0 aromatic carbocycles. The first-order valence-corrected chi connectivity index (χ1v) is 7.12. The minimum Gasteiger partial charge on any atom is -0.391 e. The maximum atomic E-state index is 12.0. The molecule has 1 rings (SSSR count). The minimum atomic E-state index is -0.296. The highest BCUT2D eigenvalue weighted by Gasteiger charge is 2.27. The zero-order valence-corrected chi connectivity index (χ0v) is 11.3. The Morgan fingerprint density at radius 3 is 2.65 bits per heavy atom. The van der Waals surface area contributed by atoms with Crippen molar-refractivity contribution >= 4 is 5.91 Å². The maximum absolute atomic E-state index is 12.0. The summed E-state index contributed by atoms with van der Waals surface area (Å²) < 4.78 is 0. The number of carbonyl (C=O) groups excluding carboxylic acids is 1. The van der Waals surface area contributed by atoms with Crippen LogP contribution in [0.3, 0.4) is 0 Å². The number of nitrogens with zero attached hydrogens (tertiary/aromatic N) is 1. The van der Waals surface area contributed by atoms with Gasteiger partial charge >= 0.3 is 0 Å². The molecular weight excluding hydrogens is 214 g/mol. The fourth-order valence-corrected chi connectivity index (χ4v) is 2.43. The van der Waals surface area contributed by atoms with Crippen LogP contribution in [0.1, 0.15) is 58.8 Å². The van der Waals surface area contributed by atoms with Crippen molar-refractivity contribution in [3.05, 3.63) is 0 Å². The molecule has 0 spiro atoms. The van der Waals surface area contributed by atoms with Gasteiger partial charge in [0.05, 0.1) is 6.10 Å². The molecule has 3 heteroatoms. The zero-order chi connectivity index (χ0) is 12.7. The second-order valence-electron chi connectivity index (χ2n) is 5.33. The quantitative estimate of drug-likeness (QED) is 0.696. The third kappa shape index (κ3) is 5.07. The van der Waals surface area contributed by atoms with E-state index in [1.807, 2.05) is 11.8 Å². The molecule has 1 aliphatic heterocycles. The molecular formula is C14H27NO2. The van der Waals surface area contributed by atoms with Gasteiger partial charge in [0.25, 0.3) is 0 Å². The topological polar surface area (TPSA) is 40.5 Å². The van der Waals surface area contributed by atoms with Gasteiger partial charge in [-0.25, -0.2) is 0 Å². The maximum Gasteiger partial charge on any atom is 0.225 e. The van der Waals surface area contributed by atoms with Gasteiger partial charge in [-0.1, -0.05) is 46.0 Å². The van der Waals surface area contributed by atoms with E-state index < -0.39 is 0 Å². The van der Waals surface area contributed by atoms with Gasteiger partial charge in [0.2, 0.25) is 5.91 Å². The van der Waals surface area contributed by atoms with E-state index in [0.717, 1.165) is 25.8 Å². The number of aliphatic hydroxyl groups is 1. The number of hydrogen-bond donors (Lipinski definition) is 1. The van der Waals surface area contributed by atoms with Crippen molar-refractivity contribution in [1.82, 2.24) is 4.90 Å². The Hall–Kier alpha value is -0.570. The fraction of sp³-hybridized carbons (Fsp3) is 0.929. The SMILES string of the molecule is CCCCCCCC(C)C(=O)N1CC[C@H](O)C1. The lowest BCUT2D eigenvalue weighted by atomic mass is 10.0. The number of likely N-dealkylation sites (tertiary alicyclic amines) is 1. The highest BCUT2D eigenvalue weighted by Crippen LogP contribution is 2.17. The predicted molar refractivity (Wildman–Crippen MR) is 69.7 cm³/mol. The van der Waals surface area contributed by atoms with Crippen LogP contribution in [0, 0.1) is 5.92 Å². The lowest BCUT2D eigenvalue weighted by molar-refractivity contribution is -0.134. The van der Waals surface area contributed by atoms with Crippen LogP contribution in [0.2, 0.25) is 0 Å². The molecule has 0 saturated carbocycles. The first-order valence-electron chi connectivity index (χ1n) is 7.12. The smallest absolute Gasteiger partial charge is 0.225 e. The van der Waals surface area contributed by atoms with Gasteiger partial charge in [0.1, 0.15) is 0 Å². The number of unbranched alkanes of at least 4 members (excludes halogenated alkanes) is 4. The van der Waals surface area contributed by atoms with Crippen LogP contribution in [0.4, 0.5) is 0 Å². The average Bonchev–Trinajstić information content (AvgIpc) is 2.74. The predicted octanol–water partition coefficient (Wildman–Crippen LogP) is 2.58. The van der Waals surface area contributed by atoms with Crippen LogP contribution in [0.25, 0.3) is 0 Å². The molecule has 1 saturated heterocycles. The molecule has 100 valence electrons. The van der Waals surface area contributed by atoms with Gasteiger partial charge in [-0.2, -0.15) is 0 Å². The third-order valence-corrected chi connectivity index (χ3v) is 3.64. The van der Waals surface area contributed by atoms with Gasteiger partial charge < -0.3 is 10.0 Å². The van der Waals surface area contributed by atoms with E-state index in [0.29, 0.717) is 6.54 Å². The molecule has 1 heterocycles. The summed E-state index contributed by atoms with van der Waals surface area (Å²) in [5.74, 6) is 0.360. The zero-order valence-electron chi connectivity index (χ0n) is 11.3. The van der Waals surface area contributed by atoms with Crippen LogP contribution in [0.5, 0.6) is 0 Å². The molecule has 0 aromatic rings. The van der Waals surface area contributed by atoms with Gasteiger partial charge in [-0.3, -0.25) is 4.79 Å². The standard InChI is InChI=1S/C14H27NO2/c1-3-4-5-6-7-8-12(2)14(17)15-10-9-13(16)11-15/h12-13,16H,3-11H2,1-2H3/t12?,13-/m0/s1. The Balaban J connectivity index is 2.14. The molecule has 2 atom stereocenters. The second kappa shape index (κ2) is 7.70. The Labute approximate surface area is 105 Å². The van der Waals surface area contributed by atoms with E-state index in [2.05, 4.69) is 6.92 Å². The monoisotopic (exact) mass is 241 g/mol. The minimum absolute atomic E-state index is 0.127. The van der Waals surface area contributed by atoms with Gasteiger partial charge in [-0.15, -0.1) is 0 Å². The largest absolute Gasteiger partial charge is 0.391 e. The summed E-state index contributed by atoms with van der Waals surface area (Å²) in [6.45, 7) is 5.51. The normalized spacial score (nSPS) is 21.8. The van der Waals surface area contributed by atoms with E-state index in [1.165, 1.54) is 25.7 Å². The summed E-state index contributed by atoms with van der Waals surface area (Å²) in [7, 11) is 0. The Kier molecular flexibility index (Phi) is 6.56. The molecule has 1 fully saturated rings. The average molecular weight is 241 g/mol. The van der Waals surface area contributed by atoms with E-state index in [4.69, 9.17) is 0 Å². The van der Waals surface area contributed by atoms with Crippen LogP contribution in [-0.2, 0) is 4.79 Å². The Morgan fingerprint density at radius 2 is 2.06 bits per heavy atom.